The van der Waals surface area contributed by atoms with E-state index in [-0.39, 0.29) is 5.91 Å². The first-order valence-electron chi connectivity index (χ1n) is 6.56. The molecule has 0 fully saturated rings. The van der Waals surface area contributed by atoms with Gasteiger partial charge >= 0.3 is 0 Å². The van der Waals surface area contributed by atoms with Gasteiger partial charge < -0.3 is 9.69 Å². The molecule has 96 valence electrons. The highest BCUT2D eigenvalue weighted by Crippen LogP contribution is 2.29. The van der Waals surface area contributed by atoms with Crippen LogP contribution in [0.25, 0.3) is 0 Å². The largest absolute Gasteiger partial charge is 0.312 e. The molecule has 1 aliphatic rings. The van der Waals surface area contributed by atoms with Gasteiger partial charge in [-0.25, -0.2) is 0 Å². The number of carbonyl (C=O) groups excluding carboxylic acids is 2. The summed E-state index contributed by atoms with van der Waals surface area (Å²) in [6.45, 7) is 2.42. The molecule has 1 aromatic carbocycles. The van der Waals surface area contributed by atoms with Gasteiger partial charge in [-0.05, 0) is 42.9 Å². The first kappa shape index (κ1) is 12.8. The van der Waals surface area contributed by atoms with Crippen molar-refractivity contribution in [2.75, 3.05) is 11.4 Å². The Morgan fingerprint density at radius 3 is 2.94 bits per heavy atom. The van der Waals surface area contributed by atoms with Gasteiger partial charge in [-0.1, -0.05) is 12.1 Å². The molecule has 0 atom stereocenters. The van der Waals surface area contributed by atoms with Gasteiger partial charge in [0.05, 0.1) is 0 Å². The molecule has 0 unspecified atom stereocenters. The second-order valence-electron chi connectivity index (χ2n) is 4.80. The molecule has 0 aromatic heterocycles. The summed E-state index contributed by atoms with van der Waals surface area (Å²) in [7, 11) is 0. The topological polar surface area (TPSA) is 37.4 Å². The Hall–Kier alpha value is -1.64. The van der Waals surface area contributed by atoms with E-state index in [9.17, 15) is 9.59 Å². The molecule has 1 amide bonds. The average Bonchev–Trinajstić information content (AvgIpc) is 2.77. The normalized spacial score (nSPS) is 13.5. The Kier molecular flexibility index (Phi) is 4.13. The van der Waals surface area contributed by atoms with E-state index in [1.165, 1.54) is 11.1 Å². The first-order chi connectivity index (χ1) is 8.72. The minimum absolute atomic E-state index is 0.118. The van der Waals surface area contributed by atoms with Crippen LogP contribution in [0.4, 0.5) is 5.69 Å². The van der Waals surface area contributed by atoms with Crippen LogP contribution >= 0.6 is 0 Å². The maximum Gasteiger partial charge on any atom is 0.223 e. The summed E-state index contributed by atoms with van der Waals surface area (Å²) >= 11 is 0. The molecule has 1 aliphatic heterocycles. The molecular formula is C15H19NO2. The molecule has 0 spiro atoms. The predicted octanol–water partition coefficient (Wildman–Crippen LogP) is 2.51. The van der Waals surface area contributed by atoms with Crippen molar-refractivity contribution < 1.29 is 9.59 Å². The van der Waals surface area contributed by atoms with Crippen LogP contribution in [0.5, 0.6) is 0 Å². The van der Waals surface area contributed by atoms with E-state index in [1.54, 1.807) is 6.92 Å². The number of aldehydes is 1. The number of carbonyl (C=O) groups is 2. The van der Waals surface area contributed by atoms with Crippen LogP contribution in [0.1, 0.15) is 37.3 Å². The Morgan fingerprint density at radius 1 is 1.39 bits per heavy atom. The molecule has 1 heterocycles. The fraction of sp³-hybridized carbons (Fsp3) is 0.467. The molecule has 0 radical (unpaired) electrons. The van der Waals surface area contributed by atoms with Gasteiger partial charge in [0.1, 0.15) is 6.29 Å². The lowest BCUT2D eigenvalue weighted by atomic mass is 10.0. The summed E-state index contributed by atoms with van der Waals surface area (Å²) < 4.78 is 0. The fourth-order valence-electron chi connectivity index (χ4n) is 2.49. The van der Waals surface area contributed by atoms with Gasteiger partial charge in [0.2, 0.25) is 5.91 Å². The summed E-state index contributed by atoms with van der Waals surface area (Å²) in [5.41, 5.74) is 3.65. The zero-order valence-corrected chi connectivity index (χ0v) is 10.8. The number of hydrogen-bond acceptors (Lipinski definition) is 2. The van der Waals surface area contributed by atoms with E-state index in [1.807, 2.05) is 4.90 Å². The highest BCUT2D eigenvalue weighted by Gasteiger charge is 2.21. The number of fused-ring (bicyclic) bond motifs is 1. The lowest BCUT2D eigenvalue weighted by Crippen LogP contribution is -2.25. The molecule has 0 bridgehead atoms. The number of benzene rings is 1. The van der Waals surface area contributed by atoms with Crippen molar-refractivity contribution in [3.63, 3.8) is 0 Å². The van der Waals surface area contributed by atoms with Crippen molar-refractivity contribution in [2.24, 2.45) is 0 Å². The molecular weight excluding hydrogens is 226 g/mol. The van der Waals surface area contributed by atoms with Crippen molar-refractivity contribution in [1.29, 1.82) is 0 Å². The standard InChI is InChI=1S/C15H19NO2/c1-12(18)16-9-8-14-11-13(6-7-15(14)16)5-3-2-4-10-17/h6-7,10-11H,2-5,8-9H2,1H3. The van der Waals surface area contributed by atoms with E-state index in [2.05, 4.69) is 18.2 Å². The number of anilines is 1. The van der Waals surface area contributed by atoms with Gasteiger partial charge in [-0.3, -0.25) is 4.79 Å². The zero-order valence-electron chi connectivity index (χ0n) is 10.8. The second-order valence-corrected chi connectivity index (χ2v) is 4.80. The van der Waals surface area contributed by atoms with E-state index < -0.39 is 0 Å². The lowest BCUT2D eigenvalue weighted by Gasteiger charge is -2.14. The second kappa shape index (κ2) is 5.80. The Labute approximate surface area is 108 Å². The summed E-state index contributed by atoms with van der Waals surface area (Å²) in [4.78, 5) is 23.5. The third-order valence-corrected chi connectivity index (χ3v) is 3.46. The molecule has 0 N–H and O–H groups in total. The number of hydrogen-bond donors (Lipinski definition) is 0. The fourth-order valence-corrected chi connectivity index (χ4v) is 2.49. The van der Waals surface area contributed by atoms with E-state index >= 15 is 0 Å². The van der Waals surface area contributed by atoms with Gasteiger partial charge in [-0.2, -0.15) is 0 Å². The molecule has 1 aromatic rings. The molecule has 3 nitrogen and oxygen atoms in total. The van der Waals surface area contributed by atoms with Gasteiger partial charge in [-0.15, -0.1) is 0 Å². The minimum Gasteiger partial charge on any atom is -0.312 e. The van der Waals surface area contributed by atoms with Crippen LogP contribution in [-0.4, -0.2) is 18.7 Å². The van der Waals surface area contributed by atoms with Crippen molar-refractivity contribution >= 4 is 17.9 Å². The third kappa shape index (κ3) is 2.78. The highest BCUT2D eigenvalue weighted by molar-refractivity contribution is 5.93. The number of rotatable bonds is 5. The summed E-state index contributed by atoms with van der Waals surface area (Å²) in [6, 6.07) is 6.36. The molecule has 3 heteroatoms. The molecule has 0 saturated carbocycles. The number of aryl methyl sites for hydroxylation is 1. The third-order valence-electron chi connectivity index (χ3n) is 3.46. The number of nitrogens with zero attached hydrogens (tertiary/aromatic N) is 1. The van der Waals surface area contributed by atoms with Crippen molar-refractivity contribution in [2.45, 2.75) is 39.0 Å². The van der Waals surface area contributed by atoms with Crippen LogP contribution in [0.15, 0.2) is 18.2 Å². The van der Waals surface area contributed by atoms with Gasteiger partial charge in [0, 0.05) is 25.6 Å². The maximum absolute atomic E-state index is 11.4. The summed E-state index contributed by atoms with van der Waals surface area (Å²) in [6.07, 6.45) is 5.61. The minimum atomic E-state index is 0.118. The van der Waals surface area contributed by atoms with Crippen LogP contribution in [0, 0.1) is 0 Å². The molecule has 2 rings (SSSR count). The maximum atomic E-state index is 11.4. The van der Waals surface area contributed by atoms with Gasteiger partial charge in [0.25, 0.3) is 0 Å². The van der Waals surface area contributed by atoms with E-state index in [4.69, 9.17) is 0 Å². The quantitative estimate of drug-likeness (QED) is 0.590. The summed E-state index contributed by atoms with van der Waals surface area (Å²) in [5, 5.41) is 0. The zero-order chi connectivity index (χ0) is 13.0. The smallest absolute Gasteiger partial charge is 0.223 e. The van der Waals surface area contributed by atoms with Crippen molar-refractivity contribution in [1.82, 2.24) is 0 Å². The van der Waals surface area contributed by atoms with Crippen molar-refractivity contribution in [3.05, 3.63) is 29.3 Å². The Bertz CT molecular complexity index is 454. The van der Waals surface area contributed by atoms with Crippen LogP contribution in [-0.2, 0) is 22.4 Å². The van der Waals surface area contributed by atoms with Crippen LogP contribution in [0.2, 0.25) is 0 Å². The Morgan fingerprint density at radius 2 is 2.22 bits per heavy atom. The van der Waals surface area contributed by atoms with E-state index in [0.29, 0.717) is 6.42 Å². The molecule has 0 saturated heterocycles. The molecule has 18 heavy (non-hydrogen) atoms. The lowest BCUT2D eigenvalue weighted by molar-refractivity contribution is -0.116. The first-order valence-corrected chi connectivity index (χ1v) is 6.56. The monoisotopic (exact) mass is 245 g/mol. The highest BCUT2D eigenvalue weighted by atomic mass is 16.2. The van der Waals surface area contributed by atoms with Crippen LogP contribution < -0.4 is 4.90 Å². The summed E-state index contributed by atoms with van der Waals surface area (Å²) in [5.74, 6) is 0.118. The number of unbranched alkanes of at least 4 members (excludes halogenated alkanes) is 2. The Balaban J connectivity index is 2.01. The van der Waals surface area contributed by atoms with E-state index in [0.717, 1.165) is 44.2 Å². The van der Waals surface area contributed by atoms with Crippen molar-refractivity contribution in [3.8, 4) is 0 Å². The SMILES string of the molecule is CC(=O)N1CCc2cc(CCCCC=O)ccc21. The predicted molar refractivity (Wildman–Crippen MR) is 71.8 cm³/mol. The molecule has 0 aliphatic carbocycles. The van der Waals surface area contributed by atoms with Crippen LogP contribution in [0.3, 0.4) is 0 Å². The van der Waals surface area contributed by atoms with Gasteiger partial charge in [0.15, 0.2) is 0 Å². The number of amides is 1. The average molecular weight is 245 g/mol.